The average molecular weight is 450 g/mol. The lowest BCUT2D eigenvalue weighted by Crippen LogP contribution is -2.45. The monoisotopic (exact) mass is 449 g/mol. The summed E-state index contributed by atoms with van der Waals surface area (Å²) in [5.74, 6) is -0.385. The van der Waals surface area contributed by atoms with Crippen LogP contribution in [-0.2, 0) is 10.0 Å². The van der Waals surface area contributed by atoms with Gasteiger partial charge in [0, 0.05) is 37.8 Å². The van der Waals surface area contributed by atoms with E-state index in [9.17, 15) is 22.0 Å². The van der Waals surface area contributed by atoms with Crippen molar-refractivity contribution in [3.63, 3.8) is 0 Å². The molecule has 0 radical (unpaired) electrons. The van der Waals surface area contributed by atoms with Crippen LogP contribution >= 0.6 is 11.6 Å². The van der Waals surface area contributed by atoms with E-state index in [2.05, 4.69) is 5.32 Å². The molecule has 29 heavy (non-hydrogen) atoms. The maximum atomic E-state index is 12.9. The highest BCUT2D eigenvalue weighted by Gasteiger charge is 2.29. The van der Waals surface area contributed by atoms with Crippen LogP contribution in [0.5, 0.6) is 0 Å². The highest BCUT2D eigenvalue weighted by atomic mass is 35.5. The fourth-order valence-corrected chi connectivity index (χ4v) is 5.83. The SMILES string of the molecule is O=C(NC1CCN(CC(F)F)CC1)c1ccc(Cl)c(S(=O)(=O)N2CCCCC2)c1. The zero-order valence-electron chi connectivity index (χ0n) is 16.1. The molecule has 2 aliphatic heterocycles. The molecule has 0 spiro atoms. The molecule has 1 aromatic rings. The molecule has 0 unspecified atom stereocenters. The Morgan fingerprint density at radius 1 is 1.14 bits per heavy atom. The zero-order valence-corrected chi connectivity index (χ0v) is 17.7. The largest absolute Gasteiger partial charge is 0.349 e. The van der Waals surface area contributed by atoms with Crippen LogP contribution in [0.1, 0.15) is 42.5 Å². The minimum atomic E-state index is -3.76. The van der Waals surface area contributed by atoms with E-state index in [1.54, 1.807) is 4.90 Å². The number of sulfonamides is 1. The molecule has 1 aromatic carbocycles. The van der Waals surface area contributed by atoms with E-state index in [0.29, 0.717) is 39.0 Å². The number of carbonyl (C=O) groups excluding carboxylic acids is 1. The van der Waals surface area contributed by atoms with Crippen LogP contribution in [0.3, 0.4) is 0 Å². The quantitative estimate of drug-likeness (QED) is 0.724. The second-order valence-corrected chi connectivity index (χ2v) is 9.86. The van der Waals surface area contributed by atoms with Crippen molar-refractivity contribution in [2.45, 2.75) is 49.5 Å². The number of alkyl halides is 2. The van der Waals surface area contributed by atoms with Gasteiger partial charge < -0.3 is 5.32 Å². The van der Waals surface area contributed by atoms with Gasteiger partial charge in [0.1, 0.15) is 4.90 Å². The van der Waals surface area contributed by atoms with Gasteiger partial charge in [-0.25, -0.2) is 17.2 Å². The van der Waals surface area contributed by atoms with Gasteiger partial charge in [0.25, 0.3) is 12.3 Å². The number of benzene rings is 1. The summed E-state index contributed by atoms with van der Waals surface area (Å²) in [6.07, 6.45) is 1.40. The summed E-state index contributed by atoms with van der Waals surface area (Å²) in [5.41, 5.74) is 0.222. The number of carbonyl (C=O) groups is 1. The van der Waals surface area contributed by atoms with Crippen LogP contribution in [0.25, 0.3) is 0 Å². The predicted octanol–water partition coefficient (Wildman–Crippen LogP) is 2.97. The van der Waals surface area contributed by atoms with Gasteiger partial charge in [0.15, 0.2) is 0 Å². The van der Waals surface area contributed by atoms with E-state index in [4.69, 9.17) is 11.6 Å². The second-order valence-electron chi connectivity index (χ2n) is 7.55. The van der Waals surface area contributed by atoms with Gasteiger partial charge in [-0.05, 0) is 43.9 Å². The van der Waals surface area contributed by atoms with E-state index in [-0.39, 0.29) is 34.0 Å². The lowest BCUT2D eigenvalue weighted by atomic mass is 10.0. The van der Waals surface area contributed by atoms with Gasteiger partial charge in [-0.3, -0.25) is 9.69 Å². The normalized spacial score (nSPS) is 20.1. The Morgan fingerprint density at radius 2 is 1.79 bits per heavy atom. The lowest BCUT2D eigenvalue weighted by Gasteiger charge is -2.32. The number of piperidine rings is 2. The number of nitrogens with one attached hydrogen (secondary N) is 1. The van der Waals surface area contributed by atoms with E-state index >= 15 is 0 Å². The van der Waals surface area contributed by atoms with Crippen molar-refractivity contribution in [1.82, 2.24) is 14.5 Å². The molecule has 2 heterocycles. The number of likely N-dealkylation sites (tertiary alicyclic amines) is 1. The fourth-order valence-electron chi connectivity index (χ4n) is 3.81. The van der Waals surface area contributed by atoms with Crippen LogP contribution in [0, 0.1) is 0 Å². The first-order valence-electron chi connectivity index (χ1n) is 9.88. The highest BCUT2D eigenvalue weighted by molar-refractivity contribution is 7.89. The van der Waals surface area contributed by atoms with Crippen LogP contribution in [0.15, 0.2) is 23.1 Å². The Labute approximate surface area is 175 Å². The summed E-state index contributed by atoms with van der Waals surface area (Å²) in [7, 11) is -3.76. The third kappa shape index (κ3) is 5.65. The molecule has 0 saturated carbocycles. The van der Waals surface area contributed by atoms with Gasteiger partial charge in [-0.15, -0.1) is 0 Å². The molecule has 0 aliphatic carbocycles. The summed E-state index contributed by atoms with van der Waals surface area (Å²) in [5, 5.41) is 2.97. The Balaban J connectivity index is 1.67. The second kappa shape index (κ2) is 9.68. The van der Waals surface area contributed by atoms with Crippen molar-refractivity contribution in [2.75, 3.05) is 32.7 Å². The van der Waals surface area contributed by atoms with E-state index in [1.807, 2.05) is 0 Å². The number of rotatable bonds is 6. The molecule has 1 amide bonds. The van der Waals surface area contributed by atoms with Crippen LogP contribution < -0.4 is 5.32 Å². The van der Waals surface area contributed by atoms with Crippen molar-refractivity contribution >= 4 is 27.5 Å². The summed E-state index contributed by atoms with van der Waals surface area (Å²) >= 11 is 6.15. The van der Waals surface area contributed by atoms with Gasteiger partial charge in [-0.1, -0.05) is 18.0 Å². The Kier molecular flexibility index (Phi) is 7.47. The first-order valence-corrected chi connectivity index (χ1v) is 11.7. The van der Waals surface area contributed by atoms with Crippen molar-refractivity contribution in [1.29, 1.82) is 0 Å². The van der Waals surface area contributed by atoms with Crippen LogP contribution in [0.4, 0.5) is 8.78 Å². The maximum Gasteiger partial charge on any atom is 0.251 e. The number of nitrogens with zero attached hydrogens (tertiary/aromatic N) is 2. The fraction of sp³-hybridized carbons (Fsp3) is 0.632. The molecule has 2 aliphatic rings. The van der Waals surface area contributed by atoms with E-state index < -0.39 is 16.4 Å². The molecule has 0 bridgehead atoms. The molecule has 162 valence electrons. The molecular formula is C19H26ClF2N3O3S. The van der Waals surface area contributed by atoms with Crippen molar-refractivity contribution in [3.8, 4) is 0 Å². The molecule has 10 heteroatoms. The molecular weight excluding hydrogens is 424 g/mol. The minimum absolute atomic E-state index is 0.0551. The number of hydrogen-bond donors (Lipinski definition) is 1. The first-order chi connectivity index (χ1) is 13.8. The van der Waals surface area contributed by atoms with E-state index in [1.165, 1.54) is 22.5 Å². The molecule has 1 N–H and O–H groups in total. The topological polar surface area (TPSA) is 69.7 Å². The van der Waals surface area contributed by atoms with Crippen molar-refractivity contribution in [2.24, 2.45) is 0 Å². The summed E-state index contributed by atoms with van der Waals surface area (Å²) in [6, 6.07) is 4.12. The Bertz CT molecular complexity index is 824. The highest BCUT2D eigenvalue weighted by Crippen LogP contribution is 2.28. The predicted molar refractivity (Wildman–Crippen MR) is 107 cm³/mol. The number of amides is 1. The van der Waals surface area contributed by atoms with Gasteiger partial charge in [-0.2, -0.15) is 4.31 Å². The molecule has 2 saturated heterocycles. The Hall–Kier alpha value is -1.29. The Morgan fingerprint density at radius 3 is 2.41 bits per heavy atom. The molecule has 3 rings (SSSR count). The van der Waals surface area contributed by atoms with Gasteiger partial charge >= 0.3 is 0 Å². The third-order valence-corrected chi connectivity index (χ3v) is 7.83. The summed E-state index contributed by atoms with van der Waals surface area (Å²) < 4.78 is 52.2. The third-order valence-electron chi connectivity index (χ3n) is 5.45. The molecule has 0 aromatic heterocycles. The first kappa shape index (κ1) is 22.4. The smallest absolute Gasteiger partial charge is 0.251 e. The molecule has 6 nitrogen and oxygen atoms in total. The standard InChI is InChI=1S/C19H26ClF2N3O3S/c20-16-5-4-14(12-17(16)29(27,28)25-8-2-1-3-9-25)19(26)23-15-6-10-24(11-7-15)13-18(21)22/h4-5,12,15,18H,1-3,6-11,13H2,(H,23,26). The molecule has 2 fully saturated rings. The zero-order chi connectivity index (χ0) is 21.0. The van der Waals surface area contributed by atoms with Crippen LogP contribution in [-0.4, -0.2) is 68.7 Å². The van der Waals surface area contributed by atoms with E-state index in [0.717, 1.165) is 19.3 Å². The maximum absolute atomic E-state index is 12.9. The number of hydrogen-bond acceptors (Lipinski definition) is 4. The van der Waals surface area contributed by atoms with Crippen LogP contribution in [0.2, 0.25) is 5.02 Å². The van der Waals surface area contributed by atoms with Crippen molar-refractivity contribution in [3.05, 3.63) is 28.8 Å². The van der Waals surface area contributed by atoms with Gasteiger partial charge in [0.05, 0.1) is 11.6 Å². The summed E-state index contributed by atoms with van der Waals surface area (Å²) in [6.45, 7) is 1.63. The van der Waals surface area contributed by atoms with Gasteiger partial charge in [0.2, 0.25) is 10.0 Å². The summed E-state index contributed by atoms with van der Waals surface area (Å²) in [4.78, 5) is 14.3. The number of halogens is 3. The lowest BCUT2D eigenvalue weighted by molar-refractivity contribution is 0.0696. The van der Waals surface area contributed by atoms with Crippen molar-refractivity contribution < 1.29 is 22.0 Å². The molecule has 0 atom stereocenters. The average Bonchev–Trinajstić information content (AvgIpc) is 2.70. The minimum Gasteiger partial charge on any atom is -0.349 e.